The number of thioether (sulfide) groups is 1. The van der Waals surface area contributed by atoms with Gasteiger partial charge in [-0.1, -0.05) is 41.1 Å². The van der Waals surface area contributed by atoms with E-state index in [1.807, 2.05) is 6.92 Å². The lowest BCUT2D eigenvalue weighted by molar-refractivity contribution is 0.290. The van der Waals surface area contributed by atoms with E-state index < -0.39 is 10.0 Å². The van der Waals surface area contributed by atoms with E-state index in [0.29, 0.717) is 15.9 Å². The summed E-state index contributed by atoms with van der Waals surface area (Å²) < 4.78 is 27.2. The number of aliphatic imine (C=N–C) groups is 1. The van der Waals surface area contributed by atoms with Gasteiger partial charge in [-0.15, -0.1) is 0 Å². The molecule has 5 nitrogen and oxygen atoms in total. The summed E-state index contributed by atoms with van der Waals surface area (Å²) in [6, 6.07) is 13.5. The molecule has 3 rings (SSSR count). The number of halogens is 1. The molecule has 2 aromatic carbocycles. The van der Waals surface area contributed by atoms with E-state index in [4.69, 9.17) is 11.6 Å². The standard InChI is InChI=1S/C17H17ClN2O3S2/c1-12-2-8-16(9-3-12)25(22,23)20-10-15(11-21)24-17(20)19-14-6-4-13(18)5-7-14/h2-9,15,21H,10-11H2,1H3/t15-/m0/s1. The van der Waals surface area contributed by atoms with Crippen molar-refractivity contribution in [3.63, 3.8) is 0 Å². The summed E-state index contributed by atoms with van der Waals surface area (Å²) in [5.74, 6) is 0. The molecule has 0 radical (unpaired) electrons. The molecule has 0 amide bonds. The van der Waals surface area contributed by atoms with Crippen LogP contribution in [-0.4, -0.2) is 41.4 Å². The molecule has 0 aliphatic carbocycles. The van der Waals surface area contributed by atoms with Crippen molar-refractivity contribution < 1.29 is 13.5 Å². The quantitative estimate of drug-likeness (QED) is 0.859. The number of hydrogen-bond donors (Lipinski definition) is 1. The highest BCUT2D eigenvalue weighted by Crippen LogP contribution is 2.33. The predicted octanol–water partition coefficient (Wildman–Crippen LogP) is 3.43. The zero-order valence-electron chi connectivity index (χ0n) is 13.5. The molecule has 2 aromatic rings. The van der Waals surface area contributed by atoms with Gasteiger partial charge in [0.05, 0.1) is 29.0 Å². The first-order valence-corrected chi connectivity index (χ1v) is 10.3. The molecular weight excluding hydrogens is 380 g/mol. The highest BCUT2D eigenvalue weighted by Gasteiger charge is 2.37. The maximum atomic E-state index is 13.0. The van der Waals surface area contributed by atoms with E-state index >= 15 is 0 Å². The molecule has 0 saturated carbocycles. The number of aliphatic hydroxyl groups is 1. The first-order chi connectivity index (χ1) is 11.9. The van der Waals surface area contributed by atoms with E-state index in [1.54, 1.807) is 48.5 Å². The Kier molecular flexibility index (Phi) is 5.38. The lowest BCUT2D eigenvalue weighted by Gasteiger charge is -2.18. The summed E-state index contributed by atoms with van der Waals surface area (Å²) in [7, 11) is -3.73. The molecule has 1 fully saturated rings. The second-order valence-corrected chi connectivity index (χ2v) is 9.21. The van der Waals surface area contributed by atoms with E-state index in [-0.39, 0.29) is 23.3 Å². The van der Waals surface area contributed by atoms with Gasteiger partial charge in [0.25, 0.3) is 10.0 Å². The van der Waals surface area contributed by atoms with E-state index in [1.165, 1.54) is 16.1 Å². The lowest BCUT2D eigenvalue weighted by atomic mass is 10.2. The van der Waals surface area contributed by atoms with Crippen molar-refractivity contribution in [1.82, 2.24) is 4.31 Å². The molecule has 0 aromatic heterocycles. The van der Waals surface area contributed by atoms with Crippen molar-refractivity contribution in [1.29, 1.82) is 0 Å². The number of benzene rings is 2. The molecule has 1 atom stereocenters. The molecule has 1 saturated heterocycles. The van der Waals surface area contributed by atoms with E-state index in [2.05, 4.69) is 4.99 Å². The van der Waals surface area contributed by atoms with Crippen LogP contribution in [0, 0.1) is 6.92 Å². The molecule has 0 bridgehead atoms. The lowest BCUT2D eigenvalue weighted by Crippen LogP contribution is -2.33. The zero-order valence-corrected chi connectivity index (χ0v) is 15.9. The number of hydrogen-bond acceptors (Lipinski definition) is 5. The smallest absolute Gasteiger partial charge is 0.265 e. The summed E-state index contributed by atoms with van der Waals surface area (Å²) in [4.78, 5) is 4.65. The first-order valence-electron chi connectivity index (χ1n) is 7.61. The van der Waals surface area contributed by atoms with Crippen LogP contribution in [0.2, 0.25) is 5.02 Å². The van der Waals surface area contributed by atoms with Crippen LogP contribution in [0.4, 0.5) is 5.69 Å². The van der Waals surface area contributed by atoms with Gasteiger partial charge >= 0.3 is 0 Å². The van der Waals surface area contributed by atoms with Gasteiger partial charge in [0.2, 0.25) is 0 Å². The number of rotatable bonds is 4. The number of amidine groups is 1. The van der Waals surface area contributed by atoms with Crippen LogP contribution in [-0.2, 0) is 10.0 Å². The number of nitrogens with zero attached hydrogens (tertiary/aromatic N) is 2. The van der Waals surface area contributed by atoms with Crippen LogP contribution in [0.25, 0.3) is 0 Å². The highest BCUT2D eigenvalue weighted by molar-refractivity contribution is 8.15. The molecular formula is C17H17ClN2O3S2. The Morgan fingerprint density at radius 1 is 1.20 bits per heavy atom. The van der Waals surface area contributed by atoms with Gasteiger partial charge in [-0.25, -0.2) is 17.7 Å². The molecule has 1 aliphatic rings. The summed E-state index contributed by atoms with van der Waals surface area (Å²) >= 11 is 7.13. The summed E-state index contributed by atoms with van der Waals surface area (Å²) in [5, 5.41) is 10.2. The molecule has 25 heavy (non-hydrogen) atoms. The Bertz CT molecular complexity index is 881. The average molecular weight is 397 g/mol. The molecule has 1 N–H and O–H groups in total. The van der Waals surface area contributed by atoms with Crippen molar-refractivity contribution in [2.45, 2.75) is 17.1 Å². The normalized spacial score (nSPS) is 19.6. The Morgan fingerprint density at radius 2 is 1.84 bits per heavy atom. The fraction of sp³-hybridized carbons (Fsp3) is 0.235. The van der Waals surface area contributed by atoms with Gasteiger partial charge in [0.1, 0.15) is 0 Å². The maximum absolute atomic E-state index is 13.0. The van der Waals surface area contributed by atoms with Crippen LogP contribution in [0.3, 0.4) is 0 Å². The Labute approximate surface area is 156 Å². The van der Waals surface area contributed by atoms with Crippen LogP contribution in [0.1, 0.15) is 5.56 Å². The fourth-order valence-electron chi connectivity index (χ4n) is 2.35. The maximum Gasteiger partial charge on any atom is 0.265 e. The largest absolute Gasteiger partial charge is 0.395 e. The fourth-order valence-corrected chi connectivity index (χ4v) is 5.30. The van der Waals surface area contributed by atoms with Crippen molar-refractivity contribution in [2.75, 3.05) is 13.2 Å². The Balaban J connectivity index is 1.99. The van der Waals surface area contributed by atoms with E-state index in [9.17, 15) is 13.5 Å². The molecule has 1 aliphatic heterocycles. The minimum Gasteiger partial charge on any atom is -0.395 e. The number of aliphatic hydroxyl groups excluding tert-OH is 1. The van der Waals surface area contributed by atoms with Crippen LogP contribution < -0.4 is 0 Å². The average Bonchev–Trinajstić information content (AvgIpc) is 3.01. The molecule has 132 valence electrons. The van der Waals surface area contributed by atoms with Crippen molar-refractivity contribution in [3.8, 4) is 0 Å². The highest BCUT2D eigenvalue weighted by atomic mass is 35.5. The van der Waals surface area contributed by atoms with Crippen LogP contribution >= 0.6 is 23.4 Å². The number of sulfonamides is 1. The number of aryl methyl sites for hydroxylation is 1. The SMILES string of the molecule is Cc1ccc(S(=O)(=O)N2C[C@@H](CO)SC2=Nc2ccc(Cl)cc2)cc1. The molecule has 0 unspecified atom stereocenters. The summed E-state index contributed by atoms with van der Waals surface area (Å²) in [6.45, 7) is 1.96. The minimum atomic E-state index is -3.73. The van der Waals surface area contributed by atoms with Gasteiger partial charge < -0.3 is 5.11 Å². The molecule has 1 heterocycles. The monoisotopic (exact) mass is 396 g/mol. The van der Waals surface area contributed by atoms with Gasteiger partial charge in [-0.2, -0.15) is 0 Å². The zero-order chi connectivity index (χ0) is 18.0. The van der Waals surface area contributed by atoms with Gasteiger partial charge in [-0.05, 0) is 43.3 Å². The van der Waals surface area contributed by atoms with Crippen molar-refractivity contribution in [2.24, 2.45) is 4.99 Å². The second kappa shape index (κ2) is 7.37. The summed E-state index contributed by atoms with van der Waals surface area (Å²) in [6.07, 6.45) is 0. The van der Waals surface area contributed by atoms with Crippen molar-refractivity contribution >= 4 is 44.2 Å². The Hall–Kier alpha value is -1.54. The third-order valence-electron chi connectivity index (χ3n) is 3.72. The molecule has 8 heteroatoms. The van der Waals surface area contributed by atoms with Gasteiger partial charge in [-0.3, -0.25) is 0 Å². The molecule has 0 spiro atoms. The van der Waals surface area contributed by atoms with Crippen LogP contribution in [0.15, 0.2) is 58.4 Å². The van der Waals surface area contributed by atoms with Gasteiger partial charge in [0, 0.05) is 5.02 Å². The van der Waals surface area contributed by atoms with E-state index in [0.717, 1.165) is 5.56 Å². The first kappa shape index (κ1) is 18.3. The van der Waals surface area contributed by atoms with Crippen molar-refractivity contribution in [3.05, 3.63) is 59.1 Å². The Morgan fingerprint density at radius 3 is 2.44 bits per heavy atom. The topological polar surface area (TPSA) is 70.0 Å². The minimum absolute atomic E-state index is 0.121. The van der Waals surface area contributed by atoms with Crippen LogP contribution in [0.5, 0.6) is 0 Å². The second-order valence-electron chi connectivity index (χ2n) is 5.64. The van der Waals surface area contributed by atoms with Gasteiger partial charge in [0.15, 0.2) is 5.17 Å². The summed E-state index contributed by atoms with van der Waals surface area (Å²) in [5.41, 5.74) is 1.59. The predicted molar refractivity (Wildman–Crippen MR) is 102 cm³/mol. The third-order valence-corrected chi connectivity index (χ3v) is 7.01. The third kappa shape index (κ3) is 4.00.